The summed E-state index contributed by atoms with van der Waals surface area (Å²) in [7, 11) is 0. The molecule has 0 saturated heterocycles. The van der Waals surface area contributed by atoms with Crippen molar-refractivity contribution in [2.24, 2.45) is 0 Å². The third kappa shape index (κ3) is 4.86. The van der Waals surface area contributed by atoms with Crippen molar-refractivity contribution in [3.63, 3.8) is 0 Å². The Balaban J connectivity index is 0. The van der Waals surface area contributed by atoms with Crippen molar-refractivity contribution in [1.29, 1.82) is 0 Å². The van der Waals surface area contributed by atoms with E-state index in [1.165, 1.54) is 0 Å². The Kier molecular flexibility index (Phi) is 9.28. The van der Waals surface area contributed by atoms with Crippen molar-refractivity contribution < 1.29 is 18.0 Å². The van der Waals surface area contributed by atoms with Crippen molar-refractivity contribution >= 4 is 31.1 Å². The van der Waals surface area contributed by atoms with Crippen LogP contribution in [0.2, 0.25) is 0 Å². The van der Waals surface area contributed by atoms with E-state index in [9.17, 15) is 18.0 Å². The SMILES string of the molecule is Cl.Cl.O=CCCCc1cc(F)c(F)cc1F. The molecule has 0 aromatic heterocycles. The number of aryl methyl sites for hydroxylation is 1. The van der Waals surface area contributed by atoms with Crippen molar-refractivity contribution in [2.45, 2.75) is 19.3 Å². The van der Waals surface area contributed by atoms with E-state index in [4.69, 9.17) is 0 Å². The van der Waals surface area contributed by atoms with Gasteiger partial charge in [-0.15, -0.1) is 24.8 Å². The number of hydrogen-bond donors (Lipinski definition) is 0. The average molecular weight is 275 g/mol. The molecule has 0 fully saturated rings. The average Bonchev–Trinajstić information content (AvgIpc) is 2.14. The lowest BCUT2D eigenvalue weighted by Crippen LogP contribution is -1.95. The molecule has 0 radical (unpaired) electrons. The number of rotatable bonds is 4. The van der Waals surface area contributed by atoms with Crippen LogP contribution in [0.15, 0.2) is 12.1 Å². The van der Waals surface area contributed by atoms with Gasteiger partial charge in [0, 0.05) is 12.5 Å². The Bertz CT molecular complexity index is 345. The summed E-state index contributed by atoms with van der Waals surface area (Å²) >= 11 is 0. The van der Waals surface area contributed by atoms with E-state index < -0.39 is 17.5 Å². The fourth-order valence-electron chi connectivity index (χ4n) is 1.13. The molecule has 0 heterocycles. The molecule has 1 nitrogen and oxygen atoms in total. The van der Waals surface area contributed by atoms with Gasteiger partial charge in [0.25, 0.3) is 0 Å². The fourth-order valence-corrected chi connectivity index (χ4v) is 1.13. The highest BCUT2D eigenvalue weighted by Gasteiger charge is 2.08. The maximum absolute atomic E-state index is 13.0. The fraction of sp³-hybridized carbons (Fsp3) is 0.300. The van der Waals surface area contributed by atoms with Gasteiger partial charge >= 0.3 is 0 Å². The number of unbranched alkanes of at least 4 members (excludes halogenated alkanes) is 1. The molecule has 1 aromatic carbocycles. The molecule has 0 bridgehead atoms. The van der Waals surface area contributed by atoms with Crippen LogP contribution in [0.5, 0.6) is 0 Å². The van der Waals surface area contributed by atoms with E-state index in [1.54, 1.807) is 0 Å². The summed E-state index contributed by atoms with van der Waals surface area (Å²) in [5, 5.41) is 0. The number of benzene rings is 1. The van der Waals surface area contributed by atoms with E-state index in [1.807, 2.05) is 0 Å². The lowest BCUT2D eigenvalue weighted by atomic mass is 10.1. The van der Waals surface area contributed by atoms with Crippen molar-refractivity contribution in [3.8, 4) is 0 Å². The number of aldehydes is 1. The molecule has 0 aliphatic carbocycles. The number of hydrogen-bond acceptors (Lipinski definition) is 1. The van der Waals surface area contributed by atoms with Crippen molar-refractivity contribution in [3.05, 3.63) is 35.1 Å². The maximum Gasteiger partial charge on any atom is 0.161 e. The van der Waals surface area contributed by atoms with Crippen LogP contribution in [-0.4, -0.2) is 6.29 Å². The predicted octanol–water partition coefficient (Wildman–Crippen LogP) is 3.47. The minimum absolute atomic E-state index is 0. The molecule has 16 heavy (non-hydrogen) atoms. The first kappa shape index (κ1) is 17.6. The zero-order chi connectivity index (χ0) is 10.6. The van der Waals surface area contributed by atoms with Gasteiger partial charge in [0.2, 0.25) is 0 Å². The number of carbonyl (C=O) groups is 1. The van der Waals surface area contributed by atoms with Crippen LogP contribution in [0.4, 0.5) is 13.2 Å². The minimum atomic E-state index is -1.19. The van der Waals surface area contributed by atoms with Gasteiger partial charge in [-0.05, 0) is 24.5 Å². The summed E-state index contributed by atoms with van der Waals surface area (Å²) in [6.45, 7) is 0. The van der Waals surface area contributed by atoms with Crippen LogP contribution in [0.3, 0.4) is 0 Å². The second-order valence-corrected chi connectivity index (χ2v) is 2.92. The summed E-state index contributed by atoms with van der Waals surface area (Å²) < 4.78 is 38.1. The van der Waals surface area contributed by atoms with E-state index in [2.05, 4.69) is 0 Å². The highest BCUT2D eigenvalue weighted by atomic mass is 35.5. The zero-order valence-electron chi connectivity index (χ0n) is 8.21. The van der Waals surface area contributed by atoms with Gasteiger partial charge in [-0.3, -0.25) is 0 Å². The Morgan fingerprint density at radius 2 is 1.56 bits per heavy atom. The Morgan fingerprint density at radius 1 is 1.00 bits per heavy atom. The van der Waals surface area contributed by atoms with Crippen LogP contribution >= 0.6 is 24.8 Å². The zero-order valence-corrected chi connectivity index (χ0v) is 9.85. The molecule has 0 atom stereocenters. The maximum atomic E-state index is 13.0. The second kappa shape index (κ2) is 8.42. The quantitative estimate of drug-likeness (QED) is 0.467. The standard InChI is InChI=1S/C10H9F3O.2ClH/c11-8-6-10(13)9(12)5-7(8)3-1-2-4-14;;/h4-6H,1-3H2;2*1H. The molecule has 1 rings (SSSR count). The summed E-state index contributed by atoms with van der Waals surface area (Å²) in [6, 6.07) is 1.35. The summed E-state index contributed by atoms with van der Waals surface area (Å²) in [6.07, 6.45) is 1.67. The van der Waals surface area contributed by atoms with Crippen molar-refractivity contribution in [1.82, 2.24) is 0 Å². The monoisotopic (exact) mass is 274 g/mol. The van der Waals surface area contributed by atoms with Gasteiger partial charge in [-0.2, -0.15) is 0 Å². The van der Waals surface area contributed by atoms with Gasteiger partial charge in [0.1, 0.15) is 12.1 Å². The predicted molar refractivity (Wildman–Crippen MR) is 59.8 cm³/mol. The third-order valence-electron chi connectivity index (χ3n) is 1.86. The smallest absolute Gasteiger partial charge is 0.161 e. The molecular formula is C10H11Cl2F3O. The van der Waals surface area contributed by atoms with Gasteiger partial charge in [0.15, 0.2) is 11.6 Å². The second-order valence-electron chi connectivity index (χ2n) is 2.92. The molecule has 0 N–H and O–H groups in total. The van der Waals surface area contributed by atoms with E-state index >= 15 is 0 Å². The molecule has 6 heteroatoms. The largest absolute Gasteiger partial charge is 0.303 e. The van der Waals surface area contributed by atoms with Gasteiger partial charge in [-0.25, -0.2) is 13.2 Å². The molecular weight excluding hydrogens is 264 g/mol. The van der Waals surface area contributed by atoms with Crippen LogP contribution in [0.25, 0.3) is 0 Å². The Labute approximate surface area is 104 Å². The molecule has 92 valence electrons. The van der Waals surface area contributed by atoms with Crippen LogP contribution in [0, 0.1) is 17.5 Å². The first-order valence-corrected chi connectivity index (χ1v) is 4.22. The highest BCUT2D eigenvalue weighted by molar-refractivity contribution is 5.85. The molecule has 0 aliphatic heterocycles. The minimum Gasteiger partial charge on any atom is -0.303 e. The number of carbonyl (C=O) groups excluding carboxylic acids is 1. The Hall–Kier alpha value is -0.740. The van der Waals surface area contributed by atoms with Crippen LogP contribution in [-0.2, 0) is 11.2 Å². The highest BCUT2D eigenvalue weighted by Crippen LogP contribution is 2.15. The summed E-state index contributed by atoms with van der Waals surface area (Å²) in [4.78, 5) is 9.97. The first-order chi connectivity index (χ1) is 6.65. The first-order valence-electron chi connectivity index (χ1n) is 4.22. The number of halogens is 5. The molecule has 0 unspecified atom stereocenters. The topological polar surface area (TPSA) is 17.1 Å². The van der Waals surface area contributed by atoms with Gasteiger partial charge < -0.3 is 4.79 Å². The van der Waals surface area contributed by atoms with Crippen LogP contribution in [0.1, 0.15) is 18.4 Å². The van der Waals surface area contributed by atoms with Crippen molar-refractivity contribution in [2.75, 3.05) is 0 Å². The Morgan fingerprint density at radius 3 is 2.12 bits per heavy atom. The van der Waals surface area contributed by atoms with Gasteiger partial charge in [-0.1, -0.05) is 0 Å². The van der Waals surface area contributed by atoms with E-state index in [0.29, 0.717) is 25.2 Å². The van der Waals surface area contributed by atoms with Crippen LogP contribution < -0.4 is 0 Å². The lowest BCUT2D eigenvalue weighted by Gasteiger charge is -2.02. The lowest BCUT2D eigenvalue weighted by molar-refractivity contribution is -0.107. The molecule has 0 aliphatic rings. The normalized spacial score (nSPS) is 8.94. The van der Waals surface area contributed by atoms with Gasteiger partial charge in [0.05, 0.1) is 0 Å². The molecule has 1 aromatic rings. The third-order valence-corrected chi connectivity index (χ3v) is 1.86. The molecule has 0 saturated carbocycles. The molecule has 0 amide bonds. The summed E-state index contributed by atoms with van der Waals surface area (Å²) in [5.41, 5.74) is 0.103. The van der Waals surface area contributed by atoms with E-state index in [-0.39, 0.29) is 36.8 Å². The van der Waals surface area contributed by atoms with E-state index in [0.717, 1.165) is 6.07 Å². The summed E-state index contributed by atoms with van der Waals surface area (Å²) in [5.74, 6) is -3.02. The molecule has 0 spiro atoms.